The molecule has 0 bridgehead atoms. The number of aryl methyl sites for hydroxylation is 2. The summed E-state index contributed by atoms with van der Waals surface area (Å²) < 4.78 is 15.1. The molecule has 4 rings (SSSR count). The molecule has 0 spiro atoms. The third-order valence-corrected chi connectivity index (χ3v) is 5.34. The van der Waals surface area contributed by atoms with Crippen LogP contribution in [0.15, 0.2) is 64.4 Å². The van der Waals surface area contributed by atoms with Crippen LogP contribution in [0.5, 0.6) is 5.75 Å². The second kappa shape index (κ2) is 9.15. The van der Waals surface area contributed by atoms with E-state index >= 15 is 0 Å². The van der Waals surface area contributed by atoms with E-state index in [4.69, 9.17) is 9.47 Å². The molecule has 170 valence electrons. The number of rotatable bonds is 7. The Balaban J connectivity index is 1.40. The first-order chi connectivity index (χ1) is 15.8. The quantitative estimate of drug-likeness (QED) is 0.402. The monoisotopic (exact) mass is 448 g/mol. The second-order valence-corrected chi connectivity index (χ2v) is 7.76. The van der Waals surface area contributed by atoms with Crippen LogP contribution in [0, 0.1) is 6.92 Å². The summed E-state index contributed by atoms with van der Waals surface area (Å²) in [5, 5.41) is 0. The normalized spacial score (nSPS) is 11.0. The molecule has 9 heteroatoms. The SMILES string of the molecule is Cc1cccc(COc2cccc(C(=O)OCCn3cnc4c3c(=O)n(C)c(=O)n4C)c2)c1. The van der Waals surface area contributed by atoms with Gasteiger partial charge >= 0.3 is 11.7 Å². The number of hydrogen-bond acceptors (Lipinski definition) is 6. The smallest absolute Gasteiger partial charge is 0.338 e. The van der Waals surface area contributed by atoms with Gasteiger partial charge in [-0.1, -0.05) is 35.9 Å². The van der Waals surface area contributed by atoms with Crippen LogP contribution in [0.25, 0.3) is 11.2 Å². The van der Waals surface area contributed by atoms with Crippen LogP contribution in [0.4, 0.5) is 0 Å². The van der Waals surface area contributed by atoms with Crippen LogP contribution in [-0.4, -0.2) is 31.3 Å². The molecule has 0 aliphatic carbocycles. The van der Waals surface area contributed by atoms with Crippen LogP contribution in [0.3, 0.4) is 0 Å². The Morgan fingerprint density at radius 1 is 1.03 bits per heavy atom. The van der Waals surface area contributed by atoms with E-state index in [1.165, 1.54) is 17.9 Å². The van der Waals surface area contributed by atoms with Gasteiger partial charge in [0.25, 0.3) is 5.56 Å². The highest BCUT2D eigenvalue weighted by atomic mass is 16.5. The molecule has 2 heterocycles. The van der Waals surface area contributed by atoms with Crippen LogP contribution in [-0.2, 0) is 32.0 Å². The van der Waals surface area contributed by atoms with E-state index in [-0.39, 0.29) is 24.3 Å². The lowest BCUT2D eigenvalue weighted by atomic mass is 10.1. The standard InChI is InChI=1S/C24H24N4O5/c1-16-6-4-7-17(12-16)14-33-19-9-5-8-18(13-19)23(30)32-11-10-28-15-25-21-20(28)22(29)27(3)24(31)26(21)2/h4-9,12-13,15H,10-11,14H2,1-3H3. The van der Waals surface area contributed by atoms with Gasteiger partial charge in [0.1, 0.15) is 19.0 Å². The number of carbonyl (C=O) groups is 1. The maximum atomic E-state index is 12.5. The summed E-state index contributed by atoms with van der Waals surface area (Å²) in [6.45, 7) is 2.67. The van der Waals surface area contributed by atoms with Crippen molar-refractivity contribution in [3.63, 3.8) is 0 Å². The summed E-state index contributed by atoms with van der Waals surface area (Å²) in [5.41, 5.74) is 2.23. The number of carbonyl (C=O) groups excluding carboxylic acids is 1. The minimum Gasteiger partial charge on any atom is -0.489 e. The molecular formula is C24H24N4O5. The largest absolute Gasteiger partial charge is 0.489 e. The minimum absolute atomic E-state index is 0.0324. The van der Waals surface area contributed by atoms with Gasteiger partial charge in [-0.05, 0) is 30.7 Å². The summed E-state index contributed by atoms with van der Waals surface area (Å²) in [6.07, 6.45) is 1.46. The zero-order valence-electron chi connectivity index (χ0n) is 18.6. The van der Waals surface area contributed by atoms with Crippen LogP contribution < -0.4 is 16.0 Å². The van der Waals surface area contributed by atoms with Crippen LogP contribution in [0.2, 0.25) is 0 Å². The Morgan fingerprint density at radius 2 is 1.82 bits per heavy atom. The van der Waals surface area contributed by atoms with Crippen molar-refractivity contribution < 1.29 is 14.3 Å². The molecule has 0 aliphatic heterocycles. The highest BCUT2D eigenvalue weighted by Crippen LogP contribution is 2.16. The fraction of sp³-hybridized carbons (Fsp3) is 0.250. The zero-order valence-corrected chi connectivity index (χ0v) is 18.6. The average molecular weight is 448 g/mol. The van der Waals surface area contributed by atoms with E-state index in [1.54, 1.807) is 35.9 Å². The summed E-state index contributed by atoms with van der Waals surface area (Å²) in [6, 6.07) is 14.8. The molecule has 0 radical (unpaired) electrons. The molecule has 9 nitrogen and oxygen atoms in total. The second-order valence-electron chi connectivity index (χ2n) is 7.76. The summed E-state index contributed by atoms with van der Waals surface area (Å²) in [5.74, 6) is 0.0664. The molecule has 0 saturated carbocycles. The van der Waals surface area contributed by atoms with Crippen molar-refractivity contribution in [2.45, 2.75) is 20.1 Å². The van der Waals surface area contributed by atoms with Gasteiger partial charge in [0.05, 0.1) is 18.4 Å². The first-order valence-corrected chi connectivity index (χ1v) is 10.4. The molecule has 0 aliphatic rings. The zero-order chi connectivity index (χ0) is 23.5. The van der Waals surface area contributed by atoms with Crippen molar-refractivity contribution in [1.29, 1.82) is 0 Å². The van der Waals surface area contributed by atoms with E-state index < -0.39 is 17.2 Å². The highest BCUT2D eigenvalue weighted by molar-refractivity contribution is 5.89. The van der Waals surface area contributed by atoms with Gasteiger partial charge in [0.2, 0.25) is 0 Å². The number of fused-ring (bicyclic) bond motifs is 1. The van der Waals surface area contributed by atoms with Crippen molar-refractivity contribution >= 4 is 17.1 Å². The summed E-state index contributed by atoms with van der Waals surface area (Å²) in [4.78, 5) is 41.2. The number of ether oxygens (including phenoxy) is 2. The Hall–Kier alpha value is -4.14. The number of imidazole rings is 1. The van der Waals surface area contributed by atoms with Crippen molar-refractivity contribution in [2.24, 2.45) is 14.1 Å². The van der Waals surface area contributed by atoms with E-state index in [0.717, 1.165) is 15.7 Å². The number of hydrogen-bond donors (Lipinski definition) is 0. The lowest BCUT2D eigenvalue weighted by Crippen LogP contribution is -2.37. The average Bonchev–Trinajstić information content (AvgIpc) is 3.24. The number of aromatic nitrogens is 4. The predicted molar refractivity (Wildman–Crippen MR) is 122 cm³/mol. The minimum atomic E-state index is -0.499. The molecule has 0 amide bonds. The van der Waals surface area contributed by atoms with Crippen molar-refractivity contribution in [3.8, 4) is 5.75 Å². The molecule has 0 atom stereocenters. The molecule has 2 aromatic heterocycles. The first kappa shape index (κ1) is 22.1. The van der Waals surface area contributed by atoms with Crippen LogP contribution >= 0.6 is 0 Å². The summed E-state index contributed by atoms with van der Waals surface area (Å²) >= 11 is 0. The Bertz CT molecular complexity index is 1450. The lowest BCUT2D eigenvalue weighted by Gasteiger charge is -2.10. The maximum Gasteiger partial charge on any atom is 0.338 e. The molecular weight excluding hydrogens is 424 g/mol. The van der Waals surface area contributed by atoms with Crippen LogP contribution in [0.1, 0.15) is 21.5 Å². The van der Waals surface area contributed by atoms with Gasteiger partial charge in [-0.3, -0.25) is 13.9 Å². The van der Waals surface area contributed by atoms with Crippen molar-refractivity contribution in [3.05, 3.63) is 92.4 Å². The highest BCUT2D eigenvalue weighted by Gasteiger charge is 2.15. The lowest BCUT2D eigenvalue weighted by molar-refractivity contribution is 0.0492. The molecule has 0 unspecified atom stereocenters. The van der Waals surface area contributed by atoms with E-state index in [9.17, 15) is 14.4 Å². The third kappa shape index (κ3) is 4.57. The topological polar surface area (TPSA) is 97.3 Å². The molecule has 4 aromatic rings. The van der Waals surface area contributed by atoms with E-state index in [0.29, 0.717) is 17.9 Å². The van der Waals surface area contributed by atoms with Gasteiger partial charge in [-0.25, -0.2) is 14.6 Å². The molecule has 0 fully saturated rings. The fourth-order valence-corrected chi connectivity index (χ4v) is 3.57. The van der Waals surface area contributed by atoms with E-state index in [1.807, 2.05) is 31.2 Å². The van der Waals surface area contributed by atoms with E-state index in [2.05, 4.69) is 4.98 Å². The Morgan fingerprint density at radius 3 is 2.61 bits per heavy atom. The molecule has 0 N–H and O–H groups in total. The fourth-order valence-electron chi connectivity index (χ4n) is 3.57. The van der Waals surface area contributed by atoms with Crippen molar-refractivity contribution in [1.82, 2.24) is 18.7 Å². The summed E-state index contributed by atoms with van der Waals surface area (Å²) in [7, 11) is 2.96. The Kier molecular flexibility index (Phi) is 6.12. The van der Waals surface area contributed by atoms with Gasteiger partial charge in [-0.2, -0.15) is 0 Å². The van der Waals surface area contributed by atoms with Gasteiger partial charge in [-0.15, -0.1) is 0 Å². The molecule has 33 heavy (non-hydrogen) atoms. The third-order valence-electron chi connectivity index (χ3n) is 5.34. The Labute approximate surface area is 189 Å². The van der Waals surface area contributed by atoms with Gasteiger partial charge in [0.15, 0.2) is 11.2 Å². The van der Waals surface area contributed by atoms with Gasteiger partial charge < -0.3 is 14.0 Å². The number of esters is 1. The number of nitrogens with zero attached hydrogens (tertiary/aromatic N) is 4. The molecule has 0 saturated heterocycles. The van der Waals surface area contributed by atoms with Crippen molar-refractivity contribution in [2.75, 3.05) is 6.61 Å². The molecule has 2 aromatic carbocycles. The predicted octanol–water partition coefficient (Wildman–Crippen LogP) is 2.18. The van der Waals surface area contributed by atoms with Gasteiger partial charge in [0, 0.05) is 14.1 Å². The number of benzene rings is 2. The maximum absolute atomic E-state index is 12.5. The first-order valence-electron chi connectivity index (χ1n) is 10.4.